The molecule has 0 radical (unpaired) electrons. The first-order valence-electron chi connectivity index (χ1n) is 11.5. The van der Waals surface area contributed by atoms with Crippen molar-refractivity contribution < 1.29 is 9.84 Å². The van der Waals surface area contributed by atoms with Crippen molar-refractivity contribution in [1.29, 1.82) is 0 Å². The van der Waals surface area contributed by atoms with Crippen LogP contribution in [0.2, 0.25) is 0 Å². The number of aromatic nitrogens is 5. The molecule has 2 N–H and O–H groups in total. The molecular formula is C26H24N6O2S. The van der Waals surface area contributed by atoms with Crippen LogP contribution in [0.5, 0.6) is 5.88 Å². The molecule has 0 amide bonds. The maximum atomic E-state index is 10.6. The van der Waals surface area contributed by atoms with Crippen LogP contribution in [-0.4, -0.2) is 29.7 Å². The number of nitrogens with one attached hydrogen (secondary N) is 1. The minimum absolute atomic E-state index is 0.337. The van der Waals surface area contributed by atoms with Crippen molar-refractivity contribution in [2.75, 3.05) is 5.32 Å². The summed E-state index contributed by atoms with van der Waals surface area (Å²) < 4.78 is 7.78. The lowest BCUT2D eigenvalue weighted by Gasteiger charge is -2.34. The summed E-state index contributed by atoms with van der Waals surface area (Å²) in [5.74, 6) is 0.922. The number of rotatable bonds is 7. The topological polar surface area (TPSA) is 97.5 Å². The molecule has 0 unspecified atom stereocenters. The summed E-state index contributed by atoms with van der Waals surface area (Å²) in [6.45, 7) is 2.39. The average Bonchev–Trinajstić information content (AvgIpc) is 3.51. The Kier molecular flexibility index (Phi) is 5.43. The maximum Gasteiger partial charge on any atom is 0.230 e. The summed E-state index contributed by atoms with van der Waals surface area (Å²) in [6.07, 6.45) is 7.90. The Morgan fingerprint density at radius 3 is 2.89 bits per heavy atom. The number of pyridine rings is 1. The third kappa shape index (κ3) is 4.36. The molecule has 0 spiro atoms. The molecule has 0 atom stereocenters. The van der Waals surface area contributed by atoms with E-state index in [4.69, 9.17) is 4.74 Å². The first-order chi connectivity index (χ1) is 17.1. The predicted octanol–water partition coefficient (Wildman–Crippen LogP) is 5.25. The van der Waals surface area contributed by atoms with Gasteiger partial charge >= 0.3 is 0 Å². The normalized spacial score (nSPS) is 14.6. The van der Waals surface area contributed by atoms with E-state index in [1.807, 2.05) is 54.0 Å². The van der Waals surface area contributed by atoms with E-state index in [2.05, 4.69) is 31.4 Å². The summed E-state index contributed by atoms with van der Waals surface area (Å²) in [6, 6.07) is 15.9. The van der Waals surface area contributed by atoms with Gasteiger partial charge < -0.3 is 15.2 Å². The number of fused-ring (bicyclic) bond motifs is 1. The van der Waals surface area contributed by atoms with Gasteiger partial charge in [-0.15, -0.1) is 11.3 Å². The molecule has 0 bridgehead atoms. The summed E-state index contributed by atoms with van der Waals surface area (Å²) in [7, 11) is 0. The van der Waals surface area contributed by atoms with Gasteiger partial charge in [0.15, 0.2) is 0 Å². The lowest BCUT2D eigenvalue weighted by Crippen LogP contribution is -2.33. The van der Waals surface area contributed by atoms with Gasteiger partial charge in [0, 0.05) is 30.3 Å². The lowest BCUT2D eigenvalue weighted by atomic mass is 9.81. The highest BCUT2D eigenvalue weighted by Crippen LogP contribution is 2.44. The fraction of sp³-hybridized carbons (Fsp3) is 0.231. The van der Waals surface area contributed by atoms with E-state index in [1.54, 1.807) is 29.8 Å². The monoisotopic (exact) mass is 484 g/mol. The molecule has 6 rings (SSSR count). The van der Waals surface area contributed by atoms with Crippen LogP contribution in [0.4, 0.5) is 11.6 Å². The number of hydrogen-bond donors (Lipinski definition) is 2. The van der Waals surface area contributed by atoms with Crippen LogP contribution >= 0.6 is 11.3 Å². The van der Waals surface area contributed by atoms with Crippen molar-refractivity contribution in [3.8, 4) is 16.3 Å². The first kappa shape index (κ1) is 21.7. The Morgan fingerprint density at radius 2 is 2.03 bits per heavy atom. The number of aryl methyl sites for hydroxylation is 1. The Labute approximate surface area is 206 Å². The molecule has 9 heteroatoms. The minimum Gasteiger partial charge on any atom is -0.471 e. The Hall–Kier alpha value is -3.82. The van der Waals surface area contributed by atoms with Crippen molar-refractivity contribution in [2.45, 2.75) is 38.4 Å². The van der Waals surface area contributed by atoms with Gasteiger partial charge in [-0.05, 0) is 67.6 Å². The molecular weight excluding hydrogens is 460 g/mol. The van der Waals surface area contributed by atoms with Gasteiger partial charge in [-0.2, -0.15) is 10.1 Å². The first-order valence-corrected chi connectivity index (χ1v) is 12.3. The Morgan fingerprint density at radius 1 is 1.11 bits per heavy atom. The summed E-state index contributed by atoms with van der Waals surface area (Å²) in [5.41, 5.74) is 4.21. The molecule has 0 saturated heterocycles. The van der Waals surface area contributed by atoms with E-state index in [9.17, 15) is 5.11 Å². The smallest absolute Gasteiger partial charge is 0.230 e. The summed E-state index contributed by atoms with van der Waals surface area (Å²) >= 11 is 1.55. The SMILES string of the molecule is Cc1cc(Nc2nccc(OCc3cccc4ccnn34)n2)cc(-c2cnc(C3(O)CCC3)s2)c1. The largest absolute Gasteiger partial charge is 0.471 e. The van der Waals surface area contributed by atoms with E-state index in [0.717, 1.165) is 57.2 Å². The van der Waals surface area contributed by atoms with Gasteiger partial charge in [0.25, 0.3) is 0 Å². The lowest BCUT2D eigenvalue weighted by molar-refractivity contribution is -0.0389. The van der Waals surface area contributed by atoms with Crippen molar-refractivity contribution in [2.24, 2.45) is 0 Å². The van der Waals surface area contributed by atoms with Crippen LogP contribution < -0.4 is 10.1 Å². The number of ether oxygens (including phenoxy) is 1. The van der Waals surface area contributed by atoms with Gasteiger partial charge in [-0.25, -0.2) is 14.5 Å². The van der Waals surface area contributed by atoms with Crippen molar-refractivity contribution >= 4 is 28.5 Å². The van der Waals surface area contributed by atoms with Crippen LogP contribution in [0.25, 0.3) is 16.0 Å². The highest BCUT2D eigenvalue weighted by molar-refractivity contribution is 7.15. The zero-order valence-electron chi connectivity index (χ0n) is 19.2. The third-order valence-electron chi connectivity index (χ3n) is 6.20. The van der Waals surface area contributed by atoms with Gasteiger partial charge in [0.2, 0.25) is 11.8 Å². The van der Waals surface area contributed by atoms with Gasteiger partial charge in [-0.3, -0.25) is 0 Å². The molecule has 1 aliphatic carbocycles. The van der Waals surface area contributed by atoms with E-state index in [1.165, 1.54) is 0 Å². The standard InChI is InChI=1S/C26H24N6O2S/c1-17-12-18(22-15-28-24(35-22)26(33)8-3-9-26)14-19(13-17)30-25-27-10-7-23(31-25)34-16-21-5-2-4-20-6-11-29-32(20)21/h2,4-7,10-15,33H,3,8-9,16H2,1H3,(H,27,30,31). The van der Waals surface area contributed by atoms with Crippen LogP contribution in [0.3, 0.4) is 0 Å². The molecule has 176 valence electrons. The summed E-state index contributed by atoms with van der Waals surface area (Å²) in [5, 5.41) is 19.1. The van der Waals surface area contributed by atoms with Crippen LogP contribution in [0.15, 0.2) is 67.1 Å². The fourth-order valence-corrected chi connectivity index (χ4v) is 5.27. The maximum absolute atomic E-state index is 10.6. The van der Waals surface area contributed by atoms with Gasteiger partial charge in [0.05, 0.1) is 16.1 Å². The molecule has 1 aliphatic rings. The van der Waals surface area contributed by atoms with Crippen LogP contribution in [0, 0.1) is 6.92 Å². The number of nitrogens with zero attached hydrogens (tertiary/aromatic N) is 5. The predicted molar refractivity (Wildman–Crippen MR) is 135 cm³/mol. The number of thiazole rings is 1. The van der Waals surface area contributed by atoms with Crippen LogP contribution in [-0.2, 0) is 12.2 Å². The van der Waals surface area contributed by atoms with Crippen molar-refractivity contribution in [3.63, 3.8) is 0 Å². The molecule has 4 heterocycles. The highest BCUT2D eigenvalue weighted by atomic mass is 32.1. The Balaban J connectivity index is 1.19. The van der Waals surface area contributed by atoms with E-state index >= 15 is 0 Å². The number of aliphatic hydroxyl groups is 1. The molecule has 1 saturated carbocycles. The molecule has 4 aromatic heterocycles. The van der Waals surface area contributed by atoms with Gasteiger partial charge in [0.1, 0.15) is 17.2 Å². The number of benzene rings is 1. The van der Waals surface area contributed by atoms with Gasteiger partial charge in [-0.1, -0.05) is 12.1 Å². The fourth-order valence-electron chi connectivity index (χ4n) is 4.22. The second-order valence-corrected chi connectivity index (χ2v) is 9.85. The minimum atomic E-state index is -0.745. The van der Waals surface area contributed by atoms with Crippen molar-refractivity contribution in [1.82, 2.24) is 24.6 Å². The second-order valence-electron chi connectivity index (χ2n) is 8.82. The molecule has 5 aromatic rings. The summed E-state index contributed by atoms with van der Waals surface area (Å²) in [4.78, 5) is 14.4. The quantitative estimate of drug-likeness (QED) is 0.326. The zero-order chi connectivity index (χ0) is 23.8. The second kappa shape index (κ2) is 8.75. The molecule has 0 aliphatic heterocycles. The highest BCUT2D eigenvalue weighted by Gasteiger charge is 2.39. The van der Waals surface area contributed by atoms with E-state index in [0.29, 0.717) is 18.4 Å². The third-order valence-corrected chi connectivity index (χ3v) is 7.44. The van der Waals surface area contributed by atoms with E-state index < -0.39 is 5.60 Å². The van der Waals surface area contributed by atoms with Crippen molar-refractivity contribution in [3.05, 3.63) is 83.4 Å². The molecule has 1 fully saturated rings. The van der Waals surface area contributed by atoms with Crippen LogP contribution in [0.1, 0.15) is 35.5 Å². The molecule has 8 nitrogen and oxygen atoms in total. The Bertz CT molecular complexity index is 1510. The van der Waals surface area contributed by atoms with E-state index in [-0.39, 0.29) is 0 Å². The zero-order valence-corrected chi connectivity index (χ0v) is 20.0. The number of hydrogen-bond acceptors (Lipinski definition) is 8. The molecule has 35 heavy (non-hydrogen) atoms. The number of anilines is 2. The molecule has 1 aromatic carbocycles. The average molecular weight is 485 g/mol.